The molecular formula is C16H30F2N4O2. The highest BCUT2D eigenvalue weighted by Gasteiger charge is 2.26. The van der Waals surface area contributed by atoms with Crippen molar-refractivity contribution in [1.82, 2.24) is 16.0 Å². The number of unbranched alkanes of at least 4 members (excludes halogenated alkanes) is 2. The van der Waals surface area contributed by atoms with Crippen molar-refractivity contribution in [2.45, 2.75) is 69.8 Å². The molecule has 0 aromatic carbocycles. The van der Waals surface area contributed by atoms with Gasteiger partial charge >= 0.3 is 6.03 Å². The molecule has 0 spiro atoms. The summed E-state index contributed by atoms with van der Waals surface area (Å²) < 4.78 is 25.7. The van der Waals surface area contributed by atoms with Crippen LogP contribution in [0, 0.1) is 0 Å². The smallest absolute Gasteiger partial charge is 0.315 e. The summed E-state index contributed by atoms with van der Waals surface area (Å²) in [5.41, 5.74) is 4.89. The minimum atomic E-state index is -3.05. The fraction of sp³-hybridized carbons (Fsp3) is 0.875. The average molecular weight is 348 g/mol. The van der Waals surface area contributed by atoms with E-state index in [0.717, 1.165) is 25.7 Å². The number of hydrogen-bond donors (Lipinski definition) is 4. The Morgan fingerprint density at radius 2 is 1.75 bits per heavy atom. The normalized spacial score (nSPS) is 15.8. The Bertz CT molecular complexity index is 388. The van der Waals surface area contributed by atoms with Crippen LogP contribution in [-0.2, 0) is 4.79 Å². The van der Waals surface area contributed by atoms with Gasteiger partial charge in [-0.25, -0.2) is 13.6 Å². The van der Waals surface area contributed by atoms with E-state index in [1.54, 1.807) is 0 Å². The lowest BCUT2D eigenvalue weighted by Crippen LogP contribution is -2.43. The molecule has 0 aromatic rings. The molecule has 8 heteroatoms. The molecular weight excluding hydrogens is 318 g/mol. The molecule has 0 saturated heterocycles. The molecule has 0 bridgehead atoms. The molecule has 1 fully saturated rings. The Kier molecular flexibility index (Phi) is 9.59. The van der Waals surface area contributed by atoms with E-state index in [0.29, 0.717) is 13.0 Å². The molecule has 0 heterocycles. The van der Waals surface area contributed by atoms with E-state index < -0.39 is 24.9 Å². The number of carbonyl (C=O) groups excluding carboxylic acids is 2. The quantitative estimate of drug-likeness (QED) is 0.454. The van der Waals surface area contributed by atoms with Crippen LogP contribution in [0.1, 0.15) is 57.8 Å². The van der Waals surface area contributed by atoms with Gasteiger partial charge in [0.25, 0.3) is 5.92 Å². The van der Waals surface area contributed by atoms with E-state index in [-0.39, 0.29) is 18.5 Å². The van der Waals surface area contributed by atoms with Crippen LogP contribution in [0.3, 0.4) is 0 Å². The first-order chi connectivity index (χ1) is 11.4. The van der Waals surface area contributed by atoms with Gasteiger partial charge in [0.05, 0.1) is 13.1 Å². The highest BCUT2D eigenvalue weighted by atomic mass is 19.3. The van der Waals surface area contributed by atoms with Crippen LogP contribution >= 0.6 is 0 Å². The first-order valence-corrected chi connectivity index (χ1v) is 8.82. The zero-order chi connectivity index (χ0) is 17.8. The zero-order valence-electron chi connectivity index (χ0n) is 14.2. The fourth-order valence-corrected chi connectivity index (χ4v) is 2.66. The van der Waals surface area contributed by atoms with E-state index >= 15 is 0 Å². The summed E-state index contributed by atoms with van der Waals surface area (Å²) in [7, 11) is 0. The number of hydrogen-bond acceptors (Lipinski definition) is 3. The number of halogens is 2. The van der Waals surface area contributed by atoms with Crippen molar-refractivity contribution in [2.24, 2.45) is 5.73 Å². The van der Waals surface area contributed by atoms with Gasteiger partial charge in [0, 0.05) is 19.0 Å². The fourth-order valence-electron chi connectivity index (χ4n) is 2.66. The summed E-state index contributed by atoms with van der Waals surface area (Å²) >= 11 is 0. The van der Waals surface area contributed by atoms with E-state index in [9.17, 15) is 18.4 Å². The molecule has 5 N–H and O–H groups in total. The zero-order valence-corrected chi connectivity index (χ0v) is 14.2. The molecule has 1 saturated carbocycles. The van der Waals surface area contributed by atoms with Crippen LogP contribution in [0.25, 0.3) is 0 Å². The first-order valence-electron chi connectivity index (χ1n) is 8.82. The van der Waals surface area contributed by atoms with Crippen molar-refractivity contribution in [2.75, 3.05) is 19.6 Å². The highest BCUT2D eigenvalue weighted by Crippen LogP contribution is 2.17. The lowest BCUT2D eigenvalue weighted by molar-refractivity contribution is -0.123. The molecule has 0 radical (unpaired) electrons. The molecule has 0 aromatic heterocycles. The SMILES string of the molecule is NCC(F)(F)CNC(=O)CCCCCNC(=O)NC1CCCCC1. The van der Waals surface area contributed by atoms with Crippen molar-refractivity contribution >= 4 is 11.9 Å². The van der Waals surface area contributed by atoms with Crippen LogP contribution in [0.2, 0.25) is 0 Å². The van der Waals surface area contributed by atoms with Crippen LogP contribution in [0.5, 0.6) is 0 Å². The van der Waals surface area contributed by atoms with Crippen molar-refractivity contribution in [3.05, 3.63) is 0 Å². The number of urea groups is 1. The van der Waals surface area contributed by atoms with Gasteiger partial charge in [-0.3, -0.25) is 4.79 Å². The van der Waals surface area contributed by atoms with E-state index in [1.165, 1.54) is 19.3 Å². The number of amides is 3. The maximum atomic E-state index is 12.9. The van der Waals surface area contributed by atoms with Gasteiger partial charge in [0.1, 0.15) is 0 Å². The van der Waals surface area contributed by atoms with Gasteiger partial charge < -0.3 is 21.7 Å². The number of nitrogens with one attached hydrogen (secondary N) is 3. The van der Waals surface area contributed by atoms with Crippen molar-refractivity contribution in [3.63, 3.8) is 0 Å². The summed E-state index contributed by atoms with van der Waals surface area (Å²) in [5, 5.41) is 7.96. The third-order valence-electron chi connectivity index (χ3n) is 4.15. The van der Waals surface area contributed by atoms with Gasteiger partial charge in [-0.1, -0.05) is 25.7 Å². The third kappa shape index (κ3) is 9.64. The van der Waals surface area contributed by atoms with Crippen molar-refractivity contribution in [3.8, 4) is 0 Å². The molecule has 6 nitrogen and oxygen atoms in total. The summed E-state index contributed by atoms with van der Waals surface area (Å²) in [6.07, 6.45) is 8.00. The molecule has 140 valence electrons. The van der Waals surface area contributed by atoms with Crippen LogP contribution in [-0.4, -0.2) is 43.5 Å². The van der Waals surface area contributed by atoms with Gasteiger partial charge in [0.2, 0.25) is 5.91 Å². The largest absolute Gasteiger partial charge is 0.350 e. The molecule has 1 rings (SSSR count). The Labute approximate surface area is 142 Å². The minimum absolute atomic E-state index is 0.136. The minimum Gasteiger partial charge on any atom is -0.350 e. The maximum Gasteiger partial charge on any atom is 0.315 e. The van der Waals surface area contributed by atoms with Gasteiger partial charge in [-0.15, -0.1) is 0 Å². The number of nitrogens with two attached hydrogens (primary N) is 1. The molecule has 0 unspecified atom stereocenters. The molecule has 1 aliphatic rings. The van der Waals surface area contributed by atoms with Gasteiger partial charge in [0.15, 0.2) is 0 Å². The van der Waals surface area contributed by atoms with Crippen LogP contribution < -0.4 is 21.7 Å². The summed E-state index contributed by atoms with van der Waals surface area (Å²) in [6, 6.07) is 0.151. The highest BCUT2D eigenvalue weighted by molar-refractivity contribution is 5.75. The topological polar surface area (TPSA) is 96.2 Å². The lowest BCUT2D eigenvalue weighted by atomic mass is 9.96. The molecule has 3 amide bonds. The predicted octanol–water partition coefficient (Wildman–Crippen LogP) is 1.89. The van der Waals surface area contributed by atoms with E-state index in [2.05, 4.69) is 16.0 Å². The van der Waals surface area contributed by atoms with Crippen molar-refractivity contribution < 1.29 is 18.4 Å². The standard InChI is InChI=1S/C16H30F2N4O2/c17-16(18,11-19)12-21-14(23)9-5-2-6-10-20-15(24)22-13-7-3-1-4-8-13/h13H,1-12,19H2,(H,21,23)(H2,20,22,24). The molecule has 24 heavy (non-hydrogen) atoms. The van der Waals surface area contributed by atoms with Crippen molar-refractivity contribution in [1.29, 1.82) is 0 Å². The Hall–Kier alpha value is -1.44. The summed E-state index contributed by atoms with van der Waals surface area (Å²) in [5.74, 6) is -3.45. The monoisotopic (exact) mass is 348 g/mol. The van der Waals surface area contributed by atoms with Gasteiger partial charge in [-0.05, 0) is 25.7 Å². The second-order valence-corrected chi connectivity index (χ2v) is 6.38. The van der Waals surface area contributed by atoms with E-state index in [1.807, 2.05) is 0 Å². The number of carbonyl (C=O) groups is 2. The predicted molar refractivity (Wildman–Crippen MR) is 88.9 cm³/mol. The first kappa shape index (κ1) is 20.6. The Balaban J connectivity index is 1.96. The van der Waals surface area contributed by atoms with Gasteiger partial charge in [-0.2, -0.15) is 0 Å². The summed E-state index contributed by atoms with van der Waals surface area (Å²) in [6.45, 7) is -0.946. The van der Waals surface area contributed by atoms with E-state index in [4.69, 9.17) is 5.73 Å². The third-order valence-corrected chi connectivity index (χ3v) is 4.15. The Morgan fingerprint density at radius 1 is 1.04 bits per heavy atom. The lowest BCUT2D eigenvalue weighted by Gasteiger charge is -2.22. The average Bonchev–Trinajstić information content (AvgIpc) is 2.57. The van der Waals surface area contributed by atoms with Crippen LogP contribution in [0.15, 0.2) is 0 Å². The number of alkyl halides is 2. The summed E-state index contributed by atoms with van der Waals surface area (Å²) in [4.78, 5) is 23.1. The second kappa shape index (κ2) is 11.2. The Morgan fingerprint density at radius 3 is 2.42 bits per heavy atom. The molecule has 0 atom stereocenters. The molecule has 0 aliphatic heterocycles. The maximum absolute atomic E-state index is 12.9. The second-order valence-electron chi connectivity index (χ2n) is 6.38. The van der Waals surface area contributed by atoms with Crippen LogP contribution in [0.4, 0.5) is 13.6 Å². The number of rotatable bonds is 10. The molecule has 1 aliphatic carbocycles.